The van der Waals surface area contributed by atoms with Gasteiger partial charge < -0.3 is 14.6 Å². The maximum absolute atomic E-state index is 14.0. The van der Waals surface area contributed by atoms with Crippen LogP contribution < -0.4 is 10.1 Å². The first-order valence-corrected chi connectivity index (χ1v) is 13.4. The van der Waals surface area contributed by atoms with Gasteiger partial charge >= 0.3 is 0 Å². The average Bonchev–Trinajstić information content (AvgIpc) is 3.34. The Balaban J connectivity index is 1.58. The molecule has 0 saturated carbocycles. The van der Waals surface area contributed by atoms with Crippen molar-refractivity contribution in [2.45, 2.75) is 32.7 Å². The largest absolute Gasteiger partial charge is 0.497 e. The predicted molar refractivity (Wildman–Crippen MR) is 155 cm³/mol. The van der Waals surface area contributed by atoms with Gasteiger partial charge in [0.2, 0.25) is 0 Å². The summed E-state index contributed by atoms with van der Waals surface area (Å²) in [6.07, 6.45) is 5.05. The highest BCUT2D eigenvalue weighted by molar-refractivity contribution is 6.42. The number of hydrogen-bond acceptors (Lipinski definition) is 2. The van der Waals surface area contributed by atoms with Crippen molar-refractivity contribution in [1.82, 2.24) is 8.97 Å². The van der Waals surface area contributed by atoms with Crippen LogP contribution in [-0.4, -0.2) is 22.0 Å². The van der Waals surface area contributed by atoms with Gasteiger partial charge in [-0.15, -0.1) is 0 Å². The molecule has 0 spiro atoms. The summed E-state index contributed by atoms with van der Waals surface area (Å²) in [5.74, 6) is 0.576. The molecule has 3 aromatic carbocycles. The van der Waals surface area contributed by atoms with Gasteiger partial charge in [0.05, 0.1) is 22.8 Å². The standard InChI is InChI=1S/C31H27Cl2N3O2/c1-19-6-8-20(9-7-19)28-24-5-3-4-16-35-27(21-10-15-25(32)26(33)17-21)18-36(31(24)35)29(28)30(37)34-22-11-13-23(38-2)14-12-22/h6-15,17-18H,3-5,16H2,1-2H3,(H,34,37). The first kappa shape index (κ1) is 24.7. The number of aryl methyl sites for hydroxylation is 3. The van der Waals surface area contributed by atoms with Crippen LogP contribution in [0.4, 0.5) is 5.69 Å². The Kier molecular flexibility index (Phi) is 6.42. The molecule has 0 radical (unpaired) electrons. The normalized spacial score (nSPS) is 12.9. The zero-order valence-electron chi connectivity index (χ0n) is 21.2. The Bertz CT molecular complexity index is 1660. The van der Waals surface area contributed by atoms with E-state index in [1.807, 2.05) is 42.5 Å². The Morgan fingerprint density at radius 3 is 2.37 bits per heavy atom. The third-order valence-corrected chi connectivity index (χ3v) is 7.99. The minimum Gasteiger partial charge on any atom is -0.497 e. The Morgan fingerprint density at radius 1 is 0.921 bits per heavy atom. The molecule has 2 aromatic heterocycles. The molecular formula is C31H27Cl2N3O2. The third kappa shape index (κ3) is 4.26. The monoisotopic (exact) mass is 543 g/mol. The Morgan fingerprint density at radius 2 is 1.66 bits per heavy atom. The summed E-state index contributed by atoms with van der Waals surface area (Å²) in [6, 6.07) is 21.5. The van der Waals surface area contributed by atoms with E-state index < -0.39 is 0 Å². The van der Waals surface area contributed by atoms with Gasteiger partial charge in [-0.25, -0.2) is 0 Å². The number of halogens is 2. The average molecular weight is 544 g/mol. The second-order valence-electron chi connectivity index (χ2n) is 9.70. The van der Waals surface area contributed by atoms with Crippen molar-refractivity contribution in [3.8, 4) is 28.1 Å². The minimum absolute atomic E-state index is 0.162. The Labute approximate surface area is 231 Å². The molecule has 5 nitrogen and oxygen atoms in total. The van der Waals surface area contributed by atoms with Crippen molar-refractivity contribution in [1.29, 1.82) is 0 Å². The lowest BCUT2D eigenvalue weighted by molar-refractivity contribution is 0.102. The number of nitrogens with one attached hydrogen (secondary N) is 1. The number of nitrogens with zero attached hydrogens (tertiary/aromatic N) is 2. The van der Waals surface area contributed by atoms with E-state index in [1.165, 1.54) is 11.1 Å². The maximum Gasteiger partial charge on any atom is 0.273 e. The number of benzene rings is 3. The summed E-state index contributed by atoms with van der Waals surface area (Å²) >= 11 is 12.6. The fourth-order valence-corrected chi connectivity index (χ4v) is 5.69. The van der Waals surface area contributed by atoms with Gasteiger partial charge in [-0.3, -0.25) is 9.20 Å². The number of ether oxygens (including phenoxy) is 1. The van der Waals surface area contributed by atoms with Gasteiger partial charge in [0.25, 0.3) is 5.91 Å². The zero-order valence-corrected chi connectivity index (χ0v) is 22.7. The van der Waals surface area contributed by atoms with Crippen molar-refractivity contribution < 1.29 is 9.53 Å². The first-order chi connectivity index (χ1) is 18.4. The van der Waals surface area contributed by atoms with Gasteiger partial charge in [0, 0.05) is 35.1 Å². The molecule has 1 aliphatic heterocycles. The summed E-state index contributed by atoms with van der Waals surface area (Å²) in [4.78, 5) is 14.0. The van der Waals surface area contributed by atoms with Crippen LogP contribution in [0.25, 0.3) is 28.0 Å². The van der Waals surface area contributed by atoms with Gasteiger partial charge in [0.15, 0.2) is 0 Å². The van der Waals surface area contributed by atoms with Gasteiger partial charge in [-0.2, -0.15) is 0 Å². The molecule has 7 heteroatoms. The SMILES string of the molecule is COc1ccc(NC(=O)c2c(-c3ccc(C)cc3)c3c4n(c(-c5ccc(Cl)c(Cl)c5)cn24)CCCC3)cc1. The number of anilines is 1. The first-order valence-electron chi connectivity index (χ1n) is 12.7. The molecule has 0 fully saturated rings. The number of hydrogen-bond donors (Lipinski definition) is 1. The number of aromatic nitrogens is 2. The van der Waals surface area contributed by atoms with Crippen LogP contribution in [0.2, 0.25) is 10.0 Å². The van der Waals surface area contributed by atoms with Crippen molar-refractivity contribution in [2.75, 3.05) is 12.4 Å². The summed E-state index contributed by atoms with van der Waals surface area (Å²) in [5, 5.41) is 4.15. The van der Waals surface area contributed by atoms with Crippen LogP contribution in [0, 0.1) is 6.92 Å². The maximum atomic E-state index is 14.0. The fourth-order valence-electron chi connectivity index (χ4n) is 5.39. The van der Waals surface area contributed by atoms with Crippen LogP contribution in [0.1, 0.15) is 34.5 Å². The number of rotatable bonds is 5. The van der Waals surface area contributed by atoms with Gasteiger partial charge in [-0.1, -0.05) is 59.1 Å². The number of carbonyl (C=O) groups excluding carboxylic acids is 1. The molecule has 38 heavy (non-hydrogen) atoms. The molecule has 0 saturated heterocycles. The van der Waals surface area contributed by atoms with E-state index in [0.717, 1.165) is 59.6 Å². The van der Waals surface area contributed by atoms with E-state index in [0.29, 0.717) is 21.4 Å². The minimum atomic E-state index is -0.162. The summed E-state index contributed by atoms with van der Waals surface area (Å²) in [5.41, 5.74) is 8.76. The summed E-state index contributed by atoms with van der Waals surface area (Å²) in [6.45, 7) is 2.93. The lowest BCUT2D eigenvalue weighted by Crippen LogP contribution is -2.15. The number of methoxy groups -OCH3 is 1. The van der Waals surface area contributed by atoms with E-state index in [1.54, 1.807) is 7.11 Å². The number of amides is 1. The fraction of sp³-hybridized carbons (Fsp3) is 0.194. The second-order valence-corrected chi connectivity index (χ2v) is 10.5. The predicted octanol–water partition coefficient (Wildman–Crippen LogP) is 8.29. The molecule has 0 atom stereocenters. The lowest BCUT2D eigenvalue weighted by Gasteiger charge is -2.11. The van der Waals surface area contributed by atoms with Crippen LogP contribution in [-0.2, 0) is 13.0 Å². The van der Waals surface area contributed by atoms with Crippen molar-refractivity contribution >= 4 is 40.4 Å². The van der Waals surface area contributed by atoms with E-state index in [2.05, 4.69) is 51.7 Å². The molecule has 192 valence electrons. The zero-order chi connectivity index (χ0) is 26.4. The molecule has 1 amide bonds. The smallest absolute Gasteiger partial charge is 0.273 e. The topological polar surface area (TPSA) is 47.7 Å². The van der Waals surface area contributed by atoms with E-state index in [4.69, 9.17) is 27.9 Å². The summed E-state index contributed by atoms with van der Waals surface area (Å²) in [7, 11) is 1.63. The van der Waals surface area contributed by atoms with Crippen molar-refractivity contribution in [2.24, 2.45) is 0 Å². The third-order valence-electron chi connectivity index (χ3n) is 7.25. The van der Waals surface area contributed by atoms with Crippen LogP contribution in [0.5, 0.6) is 5.75 Å². The van der Waals surface area contributed by atoms with E-state index in [9.17, 15) is 4.79 Å². The highest BCUT2D eigenvalue weighted by Gasteiger charge is 2.29. The molecule has 0 unspecified atom stereocenters. The quantitative estimate of drug-likeness (QED) is 0.242. The highest BCUT2D eigenvalue weighted by Crippen LogP contribution is 2.40. The van der Waals surface area contributed by atoms with Crippen LogP contribution in [0.3, 0.4) is 0 Å². The van der Waals surface area contributed by atoms with Crippen molar-refractivity contribution in [3.05, 3.63) is 99.8 Å². The molecule has 1 aliphatic rings. The van der Waals surface area contributed by atoms with Gasteiger partial charge in [0.1, 0.15) is 17.1 Å². The number of imidazole rings is 1. The van der Waals surface area contributed by atoms with E-state index >= 15 is 0 Å². The van der Waals surface area contributed by atoms with Crippen molar-refractivity contribution in [3.63, 3.8) is 0 Å². The van der Waals surface area contributed by atoms with Gasteiger partial charge in [-0.05, 0) is 68.1 Å². The number of carbonyl (C=O) groups is 1. The molecule has 6 rings (SSSR count). The lowest BCUT2D eigenvalue weighted by atomic mass is 9.97. The Hall–Kier alpha value is -3.67. The molecule has 1 N–H and O–H groups in total. The molecule has 0 aliphatic carbocycles. The second kappa shape index (κ2) is 9.90. The van der Waals surface area contributed by atoms with E-state index in [-0.39, 0.29) is 5.91 Å². The summed E-state index contributed by atoms with van der Waals surface area (Å²) < 4.78 is 9.66. The van der Waals surface area contributed by atoms with Crippen LogP contribution >= 0.6 is 23.2 Å². The highest BCUT2D eigenvalue weighted by atomic mass is 35.5. The molecule has 0 bridgehead atoms. The van der Waals surface area contributed by atoms with Crippen LogP contribution in [0.15, 0.2) is 72.9 Å². The molecular weight excluding hydrogens is 517 g/mol. The molecule has 3 heterocycles. The molecule has 5 aromatic rings.